The third-order valence-electron chi connectivity index (χ3n) is 6.28. The molecule has 2 atom stereocenters. The van der Waals surface area contributed by atoms with E-state index in [0.29, 0.717) is 37.2 Å². The number of carbonyl (C=O) groups is 1. The monoisotopic (exact) mass is 426 g/mol. The highest BCUT2D eigenvalue weighted by atomic mass is 32.2. The van der Waals surface area contributed by atoms with Crippen LogP contribution in [-0.2, 0) is 4.79 Å². The van der Waals surface area contributed by atoms with Crippen molar-refractivity contribution in [3.05, 3.63) is 53.5 Å². The molecule has 1 aromatic carbocycles. The first-order chi connectivity index (χ1) is 14.5. The summed E-state index contributed by atoms with van der Waals surface area (Å²) in [6.45, 7) is 1.39. The molecule has 5 nitrogen and oxygen atoms in total. The molecule has 0 saturated carbocycles. The number of benzene rings is 1. The van der Waals surface area contributed by atoms with Crippen molar-refractivity contribution in [3.8, 4) is 12.3 Å². The van der Waals surface area contributed by atoms with Gasteiger partial charge < -0.3 is 9.80 Å². The summed E-state index contributed by atoms with van der Waals surface area (Å²) in [5.41, 5.74) is 1.08. The number of thioether (sulfide) groups is 1. The molecule has 154 valence electrons. The predicted octanol–water partition coefficient (Wildman–Crippen LogP) is 3.51. The first kappa shape index (κ1) is 19.3. The topological polar surface area (TPSA) is 49.3 Å². The van der Waals surface area contributed by atoms with Crippen molar-refractivity contribution in [1.29, 1.82) is 0 Å². The molecule has 0 aliphatic carbocycles. The average molecular weight is 426 g/mol. The third kappa shape index (κ3) is 3.12. The standard InChI is InChI=1S/C22H20F2N4OS/c1-2-17-12-19(26-13-25-17)27-7-5-22(6-8-27)21(29)28-18(3-4-20(28)30-22)14-9-15(23)11-16(24)10-14/h1,9-13,18,20H,3-8H2. The first-order valence-electron chi connectivity index (χ1n) is 9.99. The van der Waals surface area contributed by atoms with Crippen molar-refractivity contribution in [2.75, 3.05) is 18.0 Å². The lowest BCUT2D eigenvalue weighted by atomic mass is 9.93. The zero-order chi connectivity index (χ0) is 20.9. The Labute approximate surface area is 177 Å². The van der Waals surface area contributed by atoms with Crippen LogP contribution in [0.2, 0.25) is 0 Å². The maximum atomic E-state index is 13.8. The minimum atomic E-state index is -0.605. The van der Waals surface area contributed by atoms with Gasteiger partial charge >= 0.3 is 0 Å². The Morgan fingerprint density at radius 3 is 2.53 bits per heavy atom. The van der Waals surface area contributed by atoms with E-state index < -0.39 is 16.4 Å². The molecule has 2 unspecified atom stereocenters. The number of nitrogens with zero attached hydrogens (tertiary/aromatic N) is 4. The summed E-state index contributed by atoms with van der Waals surface area (Å²) in [6.07, 6.45) is 9.85. The number of hydrogen-bond acceptors (Lipinski definition) is 5. The van der Waals surface area contributed by atoms with Crippen LogP contribution >= 0.6 is 11.8 Å². The van der Waals surface area contributed by atoms with Crippen LogP contribution in [0, 0.1) is 24.0 Å². The average Bonchev–Trinajstić information content (AvgIpc) is 3.26. The van der Waals surface area contributed by atoms with Crippen molar-refractivity contribution in [3.63, 3.8) is 0 Å². The van der Waals surface area contributed by atoms with E-state index in [9.17, 15) is 13.6 Å². The molecule has 30 heavy (non-hydrogen) atoms. The fourth-order valence-electron chi connectivity index (χ4n) is 4.84. The number of carbonyl (C=O) groups excluding carboxylic acids is 1. The van der Waals surface area contributed by atoms with Crippen LogP contribution in [0.1, 0.15) is 43.0 Å². The molecule has 3 aliphatic heterocycles. The Bertz CT molecular complexity index is 1030. The maximum Gasteiger partial charge on any atom is 0.240 e. The summed E-state index contributed by atoms with van der Waals surface area (Å²) in [5, 5.41) is 0.0625. The smallest absolute Gasteiger partial charge is 0.240 e. The summed E-state index contributed by atoms with van der Waals surface area (Å²) >= 11 is 1.72. The van der Waals surface area contributed by atoms with Gasteiger partial charge in [-0.2, -0.15) is 0 Å². The second-order valence-corrected chi connectivity index (χ2v) is 9.53. The Kier molecular flexibility index (Phi) is 4.66. The van der Waals surface area contributed by atoms with Crippen molar-refractivity contribution in [1.82, 2.24) is 14.9 Å². The summed E-state index contributed by atoms with van der Waals surface area (Å²) in [7, 11) is 0. The molecule has 3 saturated heterocycles. The molecule has 1 amide bonds. The molecule has 3 fully saturated rings. The molecule has 3 aliphatic rings. The number of anilines is 1. The summed E-state index contributed by atoms with van der Waals surface area (Å²) in [5.74, 6) is 2.18. The Hall–Kier alpha value is -2.66. The van der Waals surface area contributed by atoms with Gasteiger partial charge in [0.05, 0.1) is 11.4 Å². The van der Waals surface area contributed by atoms with Crippen LogP contribution in [0.5, 0.6) is 0 Å². The highest BCUT2D eigenvalue weighted by Crippen LogP contribution is 2.55. The normalized spacial score (nSPS) is 24.9. The van der Waals surface area contributed by atoms with Gasteiger partial charge in [-0.3, -0.25) is 4.79 Å². The highest BCUT2D eigenvalue weighted by molar-refractivity contribution is 8.02. The molecule has 0 bridgehead atoms. The van der Waals surface area contributed by atoms with Gasteiger partial charge in [-0.1, -0.05) is 5.92 Å². The number of halogens is 2. The quantitative estimate of drug-likeness (QED) is 0.688. The van der Waals surface area contributed by atoms with Crippen LogP contribution in [0.15, 0.2) is 30.6 Å². The SMILES string of the molecule is C#Cc1cc(N2CCC3(CC2)SC2CCC(c4cc(F)cc(F)c4)N2C3=O)ncn1. The molecule has 0 N–H and O–H groups in total. The number of amides is 1. The second-order valence-electron chi connectivity index (χ2n) is 7.97. The summed E-state index contributed by atoms with van der Waals surface area (Å²) in [4.78, 5) is 25.9. The van der Waals surface area contributed by atoms with Gasteiger partial charge in [0.15, 0.2) is 0 Å². The minimum absolute atomic E-state index is 0.0625. The number of terminal acetylenes is 1. The number of aromatic nitrogens is 2. The van der Waals surface area contributed by atoms with Gasteiger partial charge in [0.2, 0.25) is 5.91 Å². The molecule has 8 heteroatoms. The van der Waals surface area contributed by atoms with Gasteiger partial charge in [-0.05, 0) is 43.4 Å². The van der Waals surface area contributed by atoms with Crippen LogP contribution in [-0.4, -0.2) is 44.0 Å². The summed E-state index contributed by atoms with van der Waals surface area (Å²) in [6, 6.07) is 5.08. The molecule has 0 radical (unpaired) electrons. The van der Waals surface area contributed by atoms with Crippen molar-refractivity contribution >= 4 is 23.5 Å². The van der Waals surface area contributed by atoms with Crippen LogP contribution < -0.4 is 4.90 Å². The number of rotatable bonds is 2. The third-order valence-corrected chi connectivity index (χ3v) is 8.05. The molecule has 4 heterocycles. The zero-order valence-electron chi connectivity index (χ0n) is 16.2. The van der Waals surface area contributed by atoms with E-state index in [4.69, 9.17) is 6.42 Å². The molecule has 1 aromatic heterocycles. The fraction of sp³-hybridized carbons (Fsp3) is 0.409. The van der Waals surface area contributed by atoms with E-state index in [1.807, 2.05) is 4.90 Å². The Morgan fingerprint density at radius 1 is 1.10 bits per heavy atom. The van der Waals surface area contributed by atoms with Crippen molar-refractivity contribution < 1.29 is 13.6 Å². The molecule has 5 rings (SSSR count). The number of hydrogen-bond donors (Lipinski definition) is 0. The van der Waals surface area contributed by atoms with E-state index in [-0.39, 0.29) is 17.3 Å². The molecule has 1 spiro atoms. The van der Waals surface area contributed by atoms with Gasteiger partial charge in [0, 0.05) is 25.2 Å². The van der Waals surface area contributed by atoms with Crippen LogP contribution in [0.25, 0.3) is 0 Å². The van der Waals surface area contributed by atoms with E-state index in [0.717, 1.165) is 24.7 Å². The van der Waals surface area contributed by atoms with Crippen molar-refractivity contribution in [2.24, 2.45) is 0 Å². The van der Waals surface area contributed by atoms with Gasteiger partial charge in [0.1, 0.15) is 34.2 Å². The highest BCUT2D eigenvalue weighted by Gasteiger charge is 2.57. The molecular formula is C22H20F2N4OS. The van der Waals surface area contributed by atoms with E-state index in [1.165, 1.54) is 18.5 Å². The second kappa shape index (κ2) is 7.24. The minimum Gasteiger partial charge on any atom is -0.356 e. The van der Waals surface area contributed by atoms with Gasteiger partial charge in [0.25, 0.3) is 0 Å². The number of fused-ring (bicyclic) bond motifs is 1. The largest absolute Gasteiger partial charge is 0.356 e. The van der Waals surface area contributed by atoms with Gasteiger partial charge in [-0.15, -0.1) is 18.2 Å². The Morgan fingerprint density at radius 2 is 1.83 bits per heavy atom. The van der Waals surface area contributed by atoms with Gasteiger partial charge in [-0.25, -0.2) is 18.7 Å². The predicted molar refractivity (Wildman–Crippen MR) is 111 cm³/mol. The lowest BCUT2D eigenvalue weighted by Crippen LogP contribution is -2.48. The summed E-state index contributed by atoms with van der Waals surface area (Å²) < 4.78 is 27.0. The molecule has 2 aromatic rings. The van der Waals surface area contributed by atoms with Crippen LogP contribution in [0.3, 0.4) is 0 Å². The molecular weight excluding hydrogens is 406 g/mol. The fourth-order valence-corrected chi connectivity index (χ4v) is 6.59. The first-order valence-corrected chi connectivity index (χ1v) is 10.9. The van der Waals surface area contributed by atoms with E-state index in [2.05, 4.69) is 20.8 Å². The lowest BCUT2D eigenvalue weighted by Gasteiger charge is -2.38. The maximum absolute atomic E-state index is 13.8. The van der Waals surface area contributed by atoms with Crippen LogP contribution in [0.4, 0.5) is 14.6 Å². The van der Waals surface area contributed by atoms with Crippen molar-refractivity contribution in [2.45, 2.75) is 41.8 Å². The lowest BCUT2D eigenvalue weighted by molar-refractivity contribution is -0.134. The number of piperidine rings is 1. The zero-order valence-corrected chi connectivity index (χ0v) is 17.0. The van der Waals surface area contributed by atoms with E-state index >= 15 is 0 Å². The van der Waals surface area contributed by atoms with E-state index in [1.54, 1.807) is 17.8 Å². The Balaban J connectivity index is 1.34.